The van der Waals surface area contributed by atoms with E-state index in [0.29, 0.717) is 22.4 Å². The molecule has 3 aromatic heterocycles. The Labute approximate surface area is 159 Å². The number of para-hydroxylation sites is 1. The van der Waals surface area contributed by atoms with Crippen molar-refractivity contribution in [2.75, 3.05) is 5.43 Å². The molecule has 0 saturated carbocycles. The Balaban J connectivity index is 1.72. The van der Waals surface area contributed by atoms with Crippen molar-refractivity contribution in [1.29, 1.82) is 0 Å². The van der Waals surface area contributed by atoms with Crippen molar-refractivity contribution in [3.63, 3.8) is 0 Å². The maximum Gasteiger partial charge on any atom is 0.282 e. The van der Waals surface area contributed by atoms with Crippen LogP contribution in [-0.4, -0.2) is 25.8 Å². The summed E-state index contributed by atoms with van der Waals surface area (Å²) in [6.45, 7) is 0. The van der Waals surface area contributed by atoms with Crippen molar-refractivity contribution in [3.05, 3.63) is 89.0 Å². The second-order valence-electron chi connectivity index (χ2n) is 6.22. The Morgan fingerprint density at radius 1 is 0.929 bits per heavy atom. The molecule has 0 bridgehead atoms. The molecule has 0 fully saturated rings. The highest BCUT2D eigenvalue weighted by Gasteiger charge is 2.12. The number of pyridine rings is 1. The summed E-state index contributed by atoms with van der Waals surface area (Å²) < 4.78 is 1.33. The minimum Gasteiger partial charge on any atom is -0.267 e. The van der Waals surface area contributed by atoms with Crippen LogP contribution >= 0.6 is 0 Å². The first-order chi connectivity index (χ1) is 13.8. The lowest BCUT2D eigenvalue weighted by Gasteiger charge is -2.10. The molecule has 5 rings (SSSR count). The van der Waals surface area contributed by atoms with Gasteiger partial charge in [-0.25, -0.2) is 4.98 Å². The average molecular weight is 366 g/mol. The highest BCUT2D eigenvalue weighted by Crippen LogP contribution is 2.24. The van der Waals surface area contributed by atoms with Crippen molar-refractivity contribution < 1.29 is 0 Å². The topological polar surface area (TPSA) is 84.5 Å². The van der Waals surface area contributed by atoms with Gasteiger partial charge in [-0.2, -0.15) is 9.62 Å². The zero-order valence-electron chi connectivity index (χ0n) is 14.6. The molecular weight excluding hydrogens is 352 g/mol. The number of benzene rings is 2. The number of hydrazone groups is 1. The fourth-order valence-corrected chi connectivity index (χ4v) is 3.13. The van der Waals surface area contributed by atoms with Crippen LogP contribution < -0.4 is 11.0 Å². The van der Waals surface area contributed by atoms with E-state index >= 15 is 0 Å². The van der Waals surface area contributed by atoms with Gasteiger partial charge >= 0.3 is 0 Å². The lowest BCUT2D eigenvalue weighted by molar-refractivity contribution is 0.892. The van der Waals surface area contributed by atoms with Crippen molar-refractivity contribution >= 4 is 39.4 Å². The summed E-state index contributed by atoms with van der Waals surface area (Å²) >= 11 is 0. The summed E-state index contributed by atoms with van der Waals surface area (Å²) in [5.41, 5.74) is 4.74. The summed E-state index contributed by atoms with van der Waals surface area (Å²) in [6.07, 6.45) is 5.06. The standard InChI is InChI=1S/C21H14N6O/c28-21-17-9-3-4-10-18(17)24-20-16-8-2-1-7-15(16)19(26-27(20)21)25-23-13-14-6-5-11-22-12-14/h1-13H,(H,25,26). The molecule has 0 aliphatic carbocycles. The van der Waals surface area contributed by atoms with E-state index in [9.17, 15) is 4.79 Å². The molecule has 5 aromatic rings. The van der Waals surface area contributed by atoms with Gasteiger partial charge in [0.25, 0.3) is 5.56 Å². The molecule has 0 unspecified atom stereocenters. The molecule has 7 nitrogen and oxygen atoms in total. The molecule has 0 amide bonds. The van der Waals surface area contributed by atoms with E-state index in [4.69, 9.17) is 0 Å². The van der Waals surface area contributed by atoms with Crippen LogP contribution in [-0.2, 0) is 0 Å². The second-order valence-corrected chi connectivity index (χ2v) is 6.22. The summed E-state index contributed by atoms with van der Waals surface area (Å²) in [6, 6.07) is 18.7. The number of rotatable bonds is 3. The minimum absolute atomic E-state index is 0.217. The van der Waals surface area contributed by atoms with Gasteiger partial charge < -0.3 is 0 Å². The number of fused-ring (bicyclic) bond motifs is 4. The largest absolute Gasteiger partial charge is 0.282 e. The molecule has 7 heteroatoms. The first-order valence-corrected chi connectivity index (χ1v) is 8.71. The molecular formula is C21H14N6O. The third-order valence-corrected chi connectivity index (χ3v) is 4.45. The molecule has 0 aliphatic heterocycles. The molecule has 134 valence electrons. The molecule has 0 aliphatic rings. The summed E-state index contributed by atoms with van der Waals surface area (Å²) in [5.74, 6) is 0.474. The summed E-state index contributed by atoms with van der Waals surface area (Å²) in [4.78, 5) is 21.7. The van der Waals surface area contributed by atoms with Crippen molar-refractivity contribution in [1.82, 2.24) is 19.6 Å². The van der Waals surface area contributed by atoms with Gasteiger partial charge in [-0.3, -0.25) is 15.2 Å². The van der Waals surface area contributed by atoms with Gasteiger partial charge in [0.05, 0.1) is 17.1 Å². The van der Waals surface area contributed by atoms with Gasteiger partial charge in [0.2, 0.25) is 0 Å². The fraction of sp³-hybridized carbons (Fsp3) is 0. The molecule has 2 aromatic carbocycles. The molecule has 0 atom stereocenters. The fourth-order valence-electron chi connectivity index (χ4n) is 3.13. The SMILES string of the molecule is O=c1c2ccccc2nc2c3ccccc3c(NN=Cc3cccnc3)nn12. The highest BCUT2D eigenvalue weighted by atomic mass is 16.1. The molecule has 0 spiro atoms. The van der Waals surface area contributed by atoms with Gasteiger partial charge in [-0.1, -0.05) is 42.5 Å². The monoisotopic (exact) mass is 366 g/mol. The predicted octanol–water partition coefficient (Wildman–Crippen LogP) is 3.24. The average Bonchev–Trinajstić information content (AvgIpc) is 2.75. The van der Waals surface area contributed by atoms with Gasteiger partial charge in [0.1, 0.15) is 0 Å². The Kier molecular flexibility index (Phi) is 3.76. The van der Waals surface area contributed by atoms with Gasteiger partial charge in [0, 0.05) is 28.7 Å². The third kappa shape index (κ3) is 2.66. The lowest BCUT2D eigenvalue weighted by atomic mass is 10.1. The van der Waals surface area contributed by atoms with Gasteiger partial charge in [-0.05, 0) is 18.2 Å². The zero-order valence-corrected chi connectivity index (χ0v) is 14.6. The lowest BCUT2D eigenvalue weighted by Crippen LogP contribution is -2.19. The highest BCUT2D eigenvalue weighted by molar-refractivity contribution is 6.01. The number of hydrogen-bond donors (Lipinski definition) is 1. The summed E-state index contributed by atoms with van der Waals surface area (Å²) in [5, 5.41) is 10.9. The molecule has 0 saturated heterocycles. The van der Waals surface area contributed by atoms with E-state index in [1.54, 1.807) is 24.7 Å². The van der Waals surface area contributed by atoms with Crippen molar-refractivity contribution in [2.24, 2.45) is 5.10 Å². The molecule has 1 N–H and O–H groups in total. The van der Waals surface area contributed by atoms with E-state index in [-0.39, 0.29) is 5.56 Å². The Morgan fingerprint density at radius 3 is 2.54 bits per heavy atom. The van der Waals surface area contributed by atoms with Gasteiger partial charge in [0.15, 0.2) is 11.5 Å². The van der Waals surface area contributed by atoms with E-state index in [0.717, 1.165) is 16.3 Å². The molecule has 3 heterocycles. The quantitative estimate of drug-likeness (QED) is 0.229. The first-order valence-electron chi connectivity index (χ1n) is 8.71. The van der Waals surface area contributed by atoms with E-state index < -0.39 is 0 Å². The Hall–Kier alpha value is -4.13. The second kappa shape index (κ2) is 6.55. The van der Waals surface area contributed by atoms with Crippen LogP contribution in [0.1, 0.15) is 5.56 Å². The van der Waals surface area contributed by atoms with Crippen molar-refractivity contribution in [2.45, 2.75) is 0 Å². The van der Waals surface area contributed by atoms with Crippen LogP contribution in [0.4, 0.5) is 5.82 Å². The minimum atomic E-state index is -0.217. The van der Waals surface area contributed by atoms with Gasteiger partial charge in [-0.15, -0.1) is 5.10 Å². The summed E-state index contributed by atoms with van der Waals surface area (Å²) in [7, 11) is 0. The van der Waals surface area contributed by atoms with Crippen LogP contribution in [0, 0.1) is 0 Å². The number of anilines is 1. The van der Waals surface area contributed by atoms with Crippen LogP contribution in [0.5, 0.6) is 0 Å². The maximum atomic E-state index is 13.0. The number of aromatic nitrogens is 4. The third-order valence-electron chi connectivity index (χ3n) is 4.45. The number of nitrogens with zero attached hydrogens (tertiary/aromatic N) is 5. The predicted molar refractivity (Wildman–Crippen MR) is 110 cm³/mol. The Morgan fingerprint density at radius 2 is 1.71 bits per heavy atom. The normalized spacial score (nSPS) is 11.6. The van der Waals surface area contributed by atoms with E-state index in [2.05, 4.69) is 25.6 Å². The Bertz CT molecular complexity index is 1410. The van der Waals surface area contributed by atoms with E-state index in [1.807, 2.05) is 54.6 Å². The number of nitrogens with one attached hydrogen (secondary N) is 1. The smallest absolute Gasteiger partial charge is 0.267 e. The van der Waals surface area contributed by atoms with Crippen LogP contribution in [0.3, 0.4) is 0 Å². The van der Waals surface area contributed by atoms with Crippen LogP contribution in [0.2, 0.25) is 0 Å². The maximum absolute atomic E-state index is 13.0. The van der Waals surface area contributed by atoms with Crippen molar-refractivity contribution in [3.8, 4) is 0 Å². The van der Waals surface area contributed by atoms with E-state index in [1.165, 1.54) is 4.52 Å². The molecule has 0 radical (unpaired) electrons. The zero-order chi connectivity index (χ0) is 18.9. The molecule has 28 heavy (non-hydrogen) atoms. The van der Waals surface area contributed by atoms with Crippen LogP contribution in [0.15, 0.2) is 83.0 Å². The number of hydrogen-bond acceptors (Lipinski definition) is 6. The first kappa shape index (κ1) is 16.1. The van der Waals surface area contributed by atoms with Crippen LogP contribution in [0.25, 0.3) is 27.3 Å².